The minimum Gasteiger partial charge on any atom is -0.384 e. The molecule has 0 unspecified atom stereocenters. The van der Waals surface area contributed by atoms with E-state index < -0.39 is 11.5 Å². The molecule has 20 heavy (non-hydrogen) atoms. The van der Waals surface area contributed by atoms with Crippen LogP contribution < -0.4 is 9.52 Å². The molecule has 6 heteroatoms. The standard InChI is InChI=1S/C14H15BrN2O2S/c15-11-9-5-4-6-10(13(16)18)17(9)20-12(11)14(19)7-2-1-3-8-14/h4-6,19H,1-3,7-8H2,(H-,16,18)/p+1. The van der Waals surface area contributed by atoms with Gasteiger partial charge in [-0.15, -0.1) is 0 Å². The summed E-state index contributed by atoms with van der Waals surface area (Å²) in [6.07, 6.45) is 4.77. The number of halogens is 1. The second kappa shape index (κ2) is 5.09. The molecule has 106 valence electrons. The molecule has 4 nitrogen and oxygen atoms in total. The first-order valence-electron chi connectivity index (χ1n) is 6.69. The van der Waals surface area contributed by atoms with Crippen molar-refractivity contribution >= 4 is 38.9 Å². The number of amides is 1. The summed E-state index contributed by atoms with van der Waals surface area (Å²) in [5, 5.41) is 10.9. The number of primary amides is 1. The Morgan fingerprint density at radius 2 is 2.05 bits per heavy atom. The van der Waals surface area contributed by atoms with Gasteiger partial charge in [0.25, 0.3) is 5.69 Å². The third-order valence-corrected chi connectivity index (χ3v) is 6.32. The summed E-state index contributed by atoms with van der Waals surface area (Å²) in [4.78, 5) is 12.4. The van der Waals surface area contributed by atoms with E-state index in [1.54, 1.807) is 9.86 Å². The normalized spacial score (nSPS) is 18.3. The summed E-state index contributed by atoms with van der Waals surface area (Å²) < 4.78 is 2.67. The molecule has 0 atom stereocenters. The maximum absolute atomic E-state index is 11.5. The van der Waals surface area contributed by atoms with E-state index in [0.29, 0.717) is 5.69 Å². The van der Waals surface area contributed by atoms with Gasteiger partial charge in [-0.2, -0.15) is 0 Å². The molecule has 3 N–H and O–H groups in total. The third kappa shape index (κ3) is 2.16. The molecular weight excluding hydrogens is 340 g/mol. The summed E-state index contributed by atoms with van der Waals surface area (Å²) in [5.74, 6) is -0.462. The largest absolute Gasteiger partial charge is 0.384 e. The molecule has 1 fully saturated rings. The van der Waals surface area contributed by atoms with Crippen molar-refractivity contribution in [1.82, 2.24) is 0 Å². The number of aliphatic hydroxyl groups is 1. The van der Waals surface area contributed by atoms with Crippen LogP contribution in [0.3, 0.4) is 0 Å². The summed E-state index contributed by atoms with van der Waals surface area (Å²) in [6.45, 7) is 0. The van der Waals surface area contributed by atoms with Gasteiger partial charge >= 0.3 is 5.91 Å². The number of aromatic nitrogens is 1. The topological polar surface area (TPSA) is 67.4 Å². The molecule has 3 rings (SSSR count). The van der Waals surface area contributed by atoms with Crippen molar-refractivity contribution in [3.05, 3.63) is 33.2 Å². The quantitative estimate of drug-likeness (QED) is 0.812. The Balaban J connectivity index is 2.20. The number of carbonyl (C=O) groups is 1. The molecule has 0 spiro atoms. The Kier molecular flexibility index (Phi) is 3.56. The van der Waals surface area contributed by atoms with Crippen LogP contribution in [0.25, 0.3) is 5.52 Å². The second-order valence-corrected chi connectivity index (χ2v) is 7.03. The van der Waals surface area contributed by atoms with Crippen LogP contribution in [0.5, 0.6) is 0 Å². The van der Waals surface area contributed by atoms with Crippen LogP contribution in [-0.2, 0) is 5.60 Å². The van der Waals surface area contributed by atoms with Gasteiger partial charge in [0.05, 0.1) is 0 Å². The highest BCUT2D eigenvalue weighted by Crippen LogP contribution is 2.43. The Labute approximate surface area is 129 Å². The van der Waals surface area contributed by atoms with Gasteiger partial charge in [-0.1, -0.05) is 23.1 Å². The lowest BCUT2D eigenvalue weighted by atomic mass is 9.84. The van der Waals surface area contributed by atoms with Crippen LogP contribution in [0.2, 0.25) is 0 Å². The molecule has 2 aromatic heterocycles. The predicted octanol–water partition coefficient (Wildman–Crippen LogP) is 2.50. The van der Waals surface area contributed by atoms with Gasteiger partial charge in [0, 0.05) is 12.1 Å². The number of pyridine rings is 1. The fourth-order valence-electron chi connectivity index (χ4n) is 2.84. The number of hydrogen-bond acceptors (Lipinski definition) is 3. The Bertz CT molecular complexity index is 677. The highest BCUT2D eigenvalue weighted by molar-refractivity contribution is 9.10. The lowest BCUT2D eigenvalue weighted by Crippen LogP contribution is -2.31. The Morgan fingerprint density at radius 1 is 1.35 bits per heavy atom. The second-order valence-electron chi connectivity index (χ2n) is 5.28. The van der Waals surface area contributed by atoms with E-state index in [9.17, 15) is 9.90 Å². The summed E-state index contributed by atoms with van der Waals surface area (Å²) in [6, 6.07) is 5.43. The average molecular weight is 356 g/mol. The van der Waals surface area contributed by atoms with Crippen molar-refractivity contribution in [2.45, 2.75) is 37.7 Å². The third-order valence-electron chi connectivity index (χ3n) is 3.91. The van der Waals surface area contributed by atoms with E-state index in [0.717, 1.165) is 40.5 Å². The summed E-state index contributed by atoms with van der Waals surface area (Å²) >= 11 is 4.99. The van der Waals surface area contributed by atoms with Crippen LogP contribution in [0.1, 0.15) is 47.5 Å². The molecule has 0 aliphatic heterocycles. The zero-order valence-corrected chi connectivity index (χ0v) is 13.3. The van der Waals surface area contributed by atoms with Gasteiger partial charge in [-0.25, -0.2) is 0 Å². The van der Waals surface area contributed by atoms with Crippen molar-refractivity contribution in [3.8, 4) is 0 Å². The van der Waals surface area contributed by atoms with E-state index in [2.05, 4.69) is 15.9 Å². The minimum absolute atomic E-state index is 0.443. The van der Waals surface area contributed by atoms with Crippen molar-refractivity contribution in [2.24, 2.45) is 5.73 Å². The van der Waals surface area contributed by atoms with Crippen molar-refractivity contribution in [2.75, 3.05) is 0 Å². The molecular formula is C14H16BrN2O2S+. The van der Waals surface area contributed by atoms with Gasteiger partial charge in [0.15, 0.2) is 0 Å². The van der Waals surface area contributed by atoms with Crippen LogP contribution >= 0.6 is 27.5 Å². The Morgan fingerprint density at radius 3 is 2.70 bits per heavy atom. The molecule has 1 aliphatic rings. The van der Waals surface area contributed by atoms with Crippen LogP contribution in [0.15, 0.2) is 22.7 Å². The molecule has 2 heterocycles. The van der Waals surface area contributed by atoms with Gasteiger partial charge in [-0.3, -0.25) is 4.79 Å². The zero-order chi connectivity index (χ0) is 14.3. The van der Waals surface area contributed by atoms with Crippen LogP contribution in [0, 0.1) is 0 Å². The van der Waals surface area contributed by atoms with E-state index >= 15 is 0 Å². The van der Waals surface area contributed by atoms with Gasteiger partial charge < -0.3 is 10.8 Å². The highest BCUT2D eigenvalue weighted by atomic mass is 79.9. The first kappa shape index (κ1) is 14.0. The predicted molar refractivity (Wildman–Crippen MR) is 80.7 cm³/mol. The lowest BCUT2D eigenvalue weighted by molar-refractivity contribution is -0.435. The Hall–Kier alpha value is -0.980. The van der Waals surface area contributed by atoms with Crippen LogP contribution in [0.4, 0.5) is 0 Å². The molecule has 0 radical (unpaired) electrons. The fraction of sp³-hybridized carbons (Fsp3) is 0.429. The molecule has 1 saturated carbocycles. The number of carbonyl (C=O) groups excluding carboxylic acids is 1. The van der Waals surface area contributed by atoms with E-state index in [1.807, 2.05) is 12.1 Å². The van der Waals surface area contributed by atoms with Gasteiger partial charge in [0.1, 0.15) is 26.5 Å². The number of nitrogens with two attached hydrogens (primary N) is 1. The fourth-order valence-corrected chi connectivity index (χ4v) is 5.09. The molecule has 1 aliphatic carbocycles. The number of rotatable bonds is 2. The monoisotopic (exact) mass is 355 g/mol. The average Bonchev–Trinajstić information content (AvgIpc) is 2.78. The molecule has 0 bridgehead atoms. The van der Waals surface area contributed by atoms with Gasteiger partial charge in [0.2, 0.25) is 5.52 Å². The molecule has 2 aromatic rings. The van der Waals surface area contributed by atoms with E-state index in [-0.39, 0.29) is 0 Å². The molecule has 0 aromatic carbocycles. The van der Waals surface area contributed by atoms with Gasteiger partial charge in [-0.05, 0) is 34.8 Å². The smallest absolute Gasteiger partial charge is 0.315 e. The zero-order valence-electron chi connectivity index (χ0n) is 10.9. The van der Waals surface area contributed by atoms with Crippen LogP contribution in [-0.4, -0.2) is 11.0 Å². The van der Waals surface area contributed by atoms with Crippen molar-refractivity contribution in [1.29, 1.82) is 0 Å². The maximum Gasteiger partial charge on any atom is 0.315 e. The molecule has 1 amide bonds. The highest BCUT2D eigenvalue weighted by Gasteiger charge is 2.39. The van der Waals surface area contributed by atoms with Crippen molar-refractivity contribution < 1.29 is 13.7 Å². The van der Waals surface area contributed by atoms with E-state index in [1.165, 1.54) is 18.0 Å². The van der Waals surface area contributed by atoms with E-state index in [4.69, 9.17) is 5.73 Å². The number of hydrogen-bond donors (Lipinski definition) is 2. The minimum atomic E-state index is -0.789. The first-order chi connectivity index (χ1) is 9.53. The van der Waals surface area contributed by atoms with Crippen molar-refractivity contribution in [3.63, 3.8) is 0 Å². The number of fused-ring (bicyclic) bond motifs is 1. The summed E-state index contributed by atoms with van der Waals surface area (Å²) in [7, 11) is 0. The maximum atomic E-state index is 11.5. The first-order valence-corrected chi connectivity index (χ1v) is 8.26. The number of nitrogens with zero attached hydrogens (tertiary/aromatic N) is 1. The summed E-state index contributed by atoms with van der Waals surface area (Å²) in [5.41, 5.74) is 5.95. The molecule has 0 saturated heterocycles. The lowest BCUT2D eigenvalue weighted by Gasteiger charge is -2.29. The SMILES string of the molecule is NC(=O)c1cccc2c(Br)c(C3(O)CCCCC3)s[n+]12.